The van der Waals surface area contributed by atoms with Crippen molar-refractivity contribution in [2.75, 3.05) is 13.2 Å². The van der Waals surface area contributed by atoms with Gasteiger partial charge < -0.3 is 9.47 Å². The molecule has 0 aromatic heterocycles. The molecule has 0 aromatic carbocycles. The van der Waals surface area contributed by atoms with Gasteiger partial charge in [0, 0.05) is 0 Å². The van der Waals surface area contributed by atoms with E-state index in [9.17, 15) is 9.59 Å². The number of carbonyl (C=O) groups excluding carboxylic acids is 2. The van der Waals surface area contributed by atoms with Crippen LogP contribution in [-0.2, 0) is 19.1 Å². The fourth-order valence-corrected chi connectivity index (χ4v) is 4.21. The summed E-state index contributed by atoms with van der Waals surface area (Å²) in [7, 11) is 0. The Morgan fingerprint density at radius 1 is 0.679 bits per heavy atom. The van der Waals surface area contributed by atoms with E-state index in [1.165, 1.54) is 0 Å². The van der Waals surface area contributed by atoms with Gasteiger partial charge in [0.25, 0.3) is 0 Å². The van der Waals surface area contributed by atoms with E-state index in [2.05, 4.69) is 41.5 Å². The van der Waals surface area contributed by atoms with Crippen molar-refractivity contribution in [1.82, 2.24) is 0 Å². The molecule has 1 aliphatic rings. The Balaban J connectivity index is 2.37. The van der Waals surface area contributed by atoms with Crippen LogP contribution in [0.25, 0.3) is 0 Å². The van der Waals surface area contributed by atoms with Gasteiger partial charge >= 0.3 is 11.9 Å². The Labute approximate surface area is 173 Å². The Bertz CT molecular complexity index is 412. The SMILES string of the molecule is CCC(C)C(CC)COC(=O)C1CCC(C(=O)OCC(CC)C(C)CC)CC1. The first-order valence-corrected chi connectivity index (χ1v) is 11.7. The predicted octanol–water partition coefficient (Wildman–Crippen LogP) is 6.02. The van der Waals surface area contributed by atoms with E-state index in [0.717, 1.165) is 51.4 Å². The highest BCUT2D eigenvalue weighted by Gasteiger charge is 2.32. The maximum Gasteiger partial charge on any atom is 0.308 e. The average Bonchev–Trinajstić information content (AvgIpc) is 2.73. The molecule has 4 unspecified atom stereocenters. The summed E-state index contributed by atoms with van der Waals surface area (Å²) in [5, 5.41) is 0. The fraction of sp³-hybridized carbons (Fsp3) is 0.917. The first-order valence-electron chi connectivity index (χ1n) is 11.7. The van der Waals surface area contributed by atoms with Gasteiger partial charge in [0.15, 0.2) is 0 Å². The molecule has 4 nitrogen and oxygen atoms in total. The highest BCUT2D eigenvalue weighted by Crippen LogP contribution is 2.31. The number of esters is 2. The van der Waals surface area contributed by atoms with Crippen molar-refractivity contribution in [3.05, 3.63) is 0 Å². The van der Waals surface area contributed by atoms with E-state index < -0.39 is 0 Å². The molecule has 0 aromatic rings. The Hall–Kier alpha value is -1.06. The van der Waals surface area contributed by atoms with Crippen LogP contribution in [0.5, 0.6) is 0 Å². The van der Waals surface area contributed by atoms with Crippen molar-refractivity contribution in [3.63, 3.8) is 0 Å². The van der Waals surface area contributed by atoms with Crippen molar-refractivity contribution in [3.8, 4) is 0 Å². The second kappa shape index (κ2) is 13.2. The normalized spacial score (nSPS) is 24.1. The average molecular weight is 397 g/mol. The van der Waals surface area contributed by atoms with Crippen molar-refractivity contribution in [1.29, 1.82) is 0 Å². The monoisotopic (exact) mass is 396 g/mol. The summed E-state index contributed by atoms with van der Waals surface area (Å²) < 4.78 is 11.3. The third-order valence-electron chi connectivity index (χ3n) is 7.22. The van der Waals surface area contributed by atoms with Crippen LogP contribution >= 0.6 is 0 Å². The van der Waals surface area contributed by atoms with Gasteiger partial charge in [-0.1, -0.05) is 54.4 Å². The van der Waals surface area contributed by atoms with Crippen molar-refractivity contribution in [2.24, 2.45) is 35.5 Å². The van der Waals surface area contributed by atoms with E-state index >= 15 is 0 Å². The molecule has 0 heterocycles. The standard InChI is InChI=1S/C24H44O4/c1-7-17(5)19(9-3)15-27-23(25)21-11-13-22(14-12-21)24(26)28-16-20(10-4)18(6)8-2/h17-22H,7-16H2,1-6H3. The van der Waals surface area contributed by atoms with Crippen molar-refractivity contribution in [2.45, 2.75) is 92.9 Å². The molecule has 0 bridgehead atoms. The zero-order chi connectivity index (χ0) is 21.1. The van der Waals surface area contributed by atoms with Crippen LogP contribution < -0.4 is 0 Å². The molecular weight excluding hydrogens is 352 g/mol. The molecule has 0 N–H and O–H groups in total. The third kappa shape index (κ3) is 7.75. The highest BCUT2D eigenvalue weighted by atomic mass is 16.5. The minimum absolute atomic E-state index is 0.0537. The summed E-state index contributed by atoms with van der Waals surface area (Å²) in [4.78, 5) is 24.9. The van der Waals surface area contributed by atoms with Gasteiger partial charge in [-0.2, -0.15) is 0 Å². The third-order valence-corrected chi connectivity index (χ3v) is 7.22. The van der Waals surface area contributed by atoms with Gasteiger partial charge in [-0.15, -0.1) is 0 Å². The number of hydrogen-bond acceptors (Lipinski definition) is 4. The second-order valence-electron chi connectivity index (χ2n) is 8.92. The Morgan fingerprint density at radius 2 is 1.00 bits per heavy atom. The van der Waals surface area contributed by atoms with Gasteiger partial charge in [-0.25, -0.2) is 0 Å². The minimum Gasteiger partial charge on any atom is -0.465 e. The zero-order valence-electron chi connectivity index (χ0n) is 19.2. The first-order chi connectivity index (χ1) is 13.4. The van der Waals surface area contributed by atoms with Gasteiger partial charge in [0.1, 0.15) is 0 Å². The molecule has 4 heteroatoms. The number of rotatable bonds is 12. The van der Waals surface area contributed by atoms with Crippen LogP contribution in [0.2, 0.25) is 0 Å². The van der Waals surface area contributed by atoms with Crippen LogP contribution in [0, 0.1) is 35.5 Å². The van der Waals surface area contributed by atoms with Gasteiger partial charge in [0.2, 0.25) is 0 Å². The summed E-state index contributed by atoms with van der Waals surface area (Å²) in [6.45, 7) is 14.2. The predicted molar refractivity (Wildman–Crippen MR) is 114 cm³/mol. The second-order valence-corrected chi connectivity index (χ2v) is 8.92. The van der Waals surface area contributed by atoms with Crippen LogP contribution in [0.15, 0.2) is 0 Å². The smallest absolute Gasteiger partial charge is 0.308 e. The Morgan fingerprint density at radius 3 is 1.25 bits per heavy atom. The van der Waals surface area contributed by atoms with Crippen molar-refractivity contribution < 1.29 is 19.1 Å². The highest BCUT2D eigenvalue weighted by molar-refractivity contribution is 5.75. The van der Waals surface area contributed by atoms with Gasteiger partial charge in [0.05, 0.1) is 25.0 Å². The molecule has 1 rings (SSSR count). The molecule has 0 saturated heterocycles. The van der Waals surface area contributed by atoms with Crippen LogP contribution in [0.1, 0.15) is 92.9 Å². The molecule has 28 heavy (non-hydrogen) atoms. The van der Waals surface area contributed by atoms with Crippen LogP contribution in [0.4, 0.5) is 0 Å². The van der Waals surface area contributed by atoms with Crippen LogP contribution in [-0.4, -0.2) is 25.2 Å². The molecule has 0 amide bonds. The minimum atomic E-state index is -0.0728. The summed E-state index contributed by atoms with van der Waals surface area (Å²) in [6.07, 6.45) is 7.25. The molecule has 1 aliphatic carbocycles. The van der Waals surface area contributed by atoms with Crippen LogP contribution in [0.3, 0.4) is 0 Å². The van der Waals surface area contributed by atoms with E-state index in [0.29, 0.717) is 36.9 Å². The largest absolute Gasteiger partial charge is 0.465 e. The number of ether oxygens (including phenoxy) is 2. The maximum atomic E-state index is 12.4. The first kappa shape index (κ1) is 25.0. The molecule has 0 radical (unpaired) electrons. The summed E-state index contributed by atoms with van der Waals surface area (Å²) in [5.41, 5.74) is 0. The van der Waals surface area contributed by atoms with E-state index in [1.54, 1.807) is 0 Å². The summed E-state index contributed by atoms with van der Waals surface area (Å²) in [5.74, 6) is 1.78. The molecule has 4 atom stereocenters. The molecule has 164 valence electrons. The fourth-order valence-electron chi connectivity index (χ4n) is 4.21. The number of carbonyl (C=O) groups is 2. The van der Waals surface area contributed by atoms with Crippen molar-refractivity contribution >= 4 is 11.9 Å². The van der Waals surface area contributed by atoms with E-state index in [-0.39, 0.29) is 23.8 Å². The summed E-state index contributed by atoms with van der Waals surface area (Å²) >= 11 is 0. The van der Waals surface area contributed by atoms with Gasteiger partial charge in [-0.3, -0.25) is 9.59 Å². The lowest BCUT2D eigenvalue weighted by atomic mass is 9.82. The summed E-state index contributed by atoms with van der Waals surface area (Å²) in [6, 6.07) is 0. The molecule has 0 spiro atoms. The molecule has 0 aliphatic heterocycles. The van der Waals surface area contributed by atoms with Gasteiger partial charge in [-0.05, 0) is 62.2 Å². The lowest BCUT2D eigenvalue weighted by Gasteiger charge is -2.28. The maximum absolute atomic E-state index is 12.4. The lowest BCUT2D eigenvalue weighted by Crippen LogP contribution is -2.30. The van der Waals surface area contributed by atoms with E-state index in [1.807, 2.05) is 0 Å². The Kier molecular flexibility index (Phi) is 11.8. The van der Waals surface area contributed by atoms with E-state index in [4.69, 9.17) is 9.47 Å². The molecular formula is C24H44O4. The number of hydrogen-bond donors (Lipinski definition) is 0. The topological polar surface area (TPSA) is 52.6 Å². The molecule has 1 saturated carbocycles. The zero-order valence-corrected chi connectivity index (χ0v) is 19.2. The lowest BCUT2D eigenvalue weighted by molar-refractivity contribution is -0.157. The molecule has 1 fully saturated rings. The quantitative estimate of drug-likeness (QED) is 0.378.